The van der Waals surface area contributed by atoms with Crippen LogP contribution in [0.3, 0.4) is 0 Å². The van der Waals surface area contributed by atoms with Gasteiger partial charge < -0.3 is 20.1 Å². The summed E-state index contributed by atoms with van der Waals surface area (Å²) >= 11 is 0. The summed E-state index contributed by atoms with van der Waals surface area (Å²) in [6, 6.07) is 11.7. The molecule has 2 aromatic heterocycles. The molecule has 140 valence electrons. The SMILES string of the molecule is COc1ccc(CCNc2ccnc(NCc3ccncc3)n2)cc1OC. The lowest BCUT2D eigenvalue weighted by Crippen LogP contribution is -2.09. The Morgan fingerprint density at radius 2 is 1.67 bits per heavy atom. The number of rotatable bonds is 9. The Morgan fingerprint density at radius 3 is 2.44 bits per heavy atom. The molecule has 0 radical (unpaired) electrons. The maximum absolute atomic E-state index is 5.34. The molecule has 1 aromatic carbocycles. The Hall–Kier alpha value is -3.35. The van der Waals surface area contributed by atoms with Gasteiger partial charge >= 0.3 is 0 Å². The minimum Gasteiger partial charge on any atom is -0.493 e. The number of anilines is 2. The summed E-state index contributed by atoms with van der Waals surface area (Å²) in [5.41, 5.74) is 2.28. The van der Waals surface area contributed by atoms with E-state index in [0.29, 0.717) is 12.5 Å². The van der Waals surface area contributed by atoms with Gasteiger partial charge in [0.25, 0.3) is 0 Å². The number of hydrogen-bond acceptors (Lipinski definition) is 7. The van der Waals surface area contributed by atoms with Crippen molar-refractivity contribution in [3.63, 3.8) is 0 Å². The summed E-state index contributed by atoms with van der Waals surface area (Å²) in [5, 5.41) is 6.54. The molecule has 0 aliphatic heterocycles. The van der Waals surface area contributed by atoms with Crippen LogP contribution in [-0.2, 0) is 13.0 Å². The number of hydrogen-bond donors (Lipinski definition) is 2. The third-order valence-corrected chi connectivity index (χ3v) is 4.02. The zero-order chi connectivity index (χ0) is 18.9. The Labute approximate surface area is 158 Å². The van der Waals surface area contributed by atoms with Crippen LogP contribution in [0.5, 0.6) is 11.5 Å². The molecule has 0 bridgehead atoms. The van der Waals surface area contributed by atoms with E-state index in [1.54, 1.807) is 32.8 Å². The maximum Gasteiger partial charge on any atom is 0.224 e. The number of benzene rings is 1. The second kappa shape index (κ2) is 9.38. The fourth-order valence-corrected chi connectivity index (χ4v) is 2.60. The number of ether oxygens (including phenoxy) is 2. The van der Waals surface area contributed by atoms with E-state index in [4.69, 9.17) is 9.47 Å². The van der Waals surface area contributed by atoms with Crippen LogP contribution in [0.4, 0.5) is 11.8 Å². The molecule has 2 N–H and O–H groups in total. The van der Waals surface area contributed by atoms with E-state index >= 15 is 0 Å². The molecule has 0 aliphatic carbocycles. The van der Waals surface area contributed by atoms with E-state index in [0.717, 1.165) is 41.4 Å². The first kappa shape index (κ1) is 18.4. The van der Waals surface area contributed by atoms with Crippen molar-refractivity contribution in [2.45, 2.75) is 13.0 Å². The van der Waals surface area contributed by atoms with Crippen LogP contribution in [0, 0.1) is 0 Å². The molecule has 2 heterocycles. The highest BCUT2D eigenvalue weighted by Gasteiger charge is 2.05. The third-order valence-electron chi connectivity index (χ3n) is 4.02. The Morgan fingerprint density at radius 1 is 0.852 bits per heavy atom. The zero-order valence-electron chi connectivity index (χ0n) is 15.5. The van der Waals surface area contributed by atoms with E-state index in [1.807, 2.05) is 36.4 Å². The van der Waals surface area contributed by atoms with Crippen molar-refractivity contribution < 1.29 is 9.47 Å². The molecule has 3 rings (SSSR count). The lowest BCUT2D eigenvalue weighted by Gasteiger charge is -2.11. The second-order valence-electron chi connectivity index (χ2n) is 5.84. The van der Waals surface area contributed by atoms with Gasteiger partial charge in [-0.2, -0.15) is 4.98 Å². The molecule has 0 atom stereocenters. The van der Waals surface area contributed by atoms with Crippen LogP contribution < -0.4 is 20.1 Å². The topological polar surface area (TPSA) is 81.2 Å². The molecule has 0 aliphatic rings. The molecule has 0 spiro atoms. The number of pyridine rings is 1. The van der Waals surface area contributed by atoms with Gasteiger partial charge in [0.05, 0.1) is 14.2 Å². The van der Waals surface area contributed by atoms with Gasteiger partial charge in [0.2, 0.25) is 5.95 Å². The average molecular weight is 365 g/mol. The van der Waals surface area contributed by atoms with Crippen LogP contribution >= 0.6 is 0 Å². The predicted molar refractivity (Wildman–Crippen MR) is 105 cm³/mol. The first-order valence-corrected chi connectivity index (χ1v) is 8.69. The maximum atomic E-state index is 5.34. The molecule has 0 fully saturated rings. The van der Waals surface area contributed by atoms with Gasteiger partial charge in [0.15, 0.2) is 11.5 Å². The summed E-state index contributed by atoms with van der Waals surface area (Å²) in [7, 11) is 3.27. The highest BCUT2D eigenvalue weighted by atomic mass is 16.5. The average Bonchev–Trinajstić information content (AvgIpc) is 2.73. The van der Waals surface area contributed by atoms with Gasteiger partial charge in [0, 0.05) is 31.7 Å². The number of methoxy groups -OCH3 is 2. The van der Waals surface area contributed by atoms with E-state index < -0.39 is 0 Å². The number of nitrogens with one attached hydrogen (secondary N) is 2. The second-order valence-corrected chi connectivity index (χ2v) is 5.84. The molecule has 0 unspecified atom stereocenters. The van der Waals surface area contributed by atoms with Crippen LogP contribution in [0.2, 0.25) is 0 Å². The van der Waals surface area contributed by atoms with Gasteiger partial charge in [-0.15, -0.1) is 0 Å². The first-order valence-electron chi connectivity index (χ1n) is 8.69. The van der Waals surface area contributed by atoms with Crippen LogP contribution in [0.1, 0.15) is 11.1 Å². The summed E-state index contributed by atoms with van der Waals surface area (Å²) in [6.07, 6.45) is 6.11. The molecule has 7 nitrogen and oxygen atoms in total. The molecule has 0 saturated carbocycles. The summed E-state index contributed by atoms with van der Waals surface area (Å²) in [5.74, 6) is 2.83. The molecule has 7 heteroatoms. The van der Waals surface area contributed by atoms with Crippen molar-refractivity contribution in [2.75, 3.05) is 31.4 Å². The lowest BCUT2D eigenvalue weighted by molar-refractivity contribution is 0.354. The van der Waals surface area contributed by atoms with Gasteiger partial charge in [-0.1, -0.05) is 6.07 Å². The minimum atomic E-state index is 0.586. The molecule has 0 amide bonds. The standard InChI is InChI=1S/C20H23N5O2/c1-26-17-4-3-15(13-18(17)27-2)7-11-22-19-8-12-23-20(25-19)24-14-16-5-9-21-10-6-16/h3-6,8-10,12-13H,7,11,14H2,1-2H3,(H2,22,23,24,25). The van der Waals surface area contributed by atoms with Crippen molar-refractivity contribution in [2.24, 2.45) is 0 Å². The lowest BCUT2D eigenvalue weighted by atomic mass is 10.1. The predicted octanol–water partition coefficient (Wildman–Crippen LogP) is 3.16. The Kier molecular flexibility index (Phi) is 6.40. The largest absolute Gasteiger partial charge is 0.493 e. The van der Waals surface area contributed by atoms with Crippen LogP contribution in [0.15, 0.2) is 55.0 Å². The fraction of sp³-hybridized carbons (Fsp3) is 0.250. The molecule has 27 heavy (non-hydrogen) atoms. The van der Waals surface area contributed by atoms with Crippen molar-refractivity contribution >= 4 is 11.8 Å². The van der Waals surface area contributed by atoms with Crippen molar-refractivity contribution in [1.82, 2.24) is 15.0 Å². The van der Waals surface area contributed by atoms with E-state index in [-0.39, 0.29) is 0 Å². The van der Waals surface area contributed by atoms with E-state index in [2.05, 4.69) is 25.6 Å². The zero-order valence-corrected chi connectivity index (χ0v) is 15.5. The molecule has 0 saturated heterocycles. The third kappa shape index (κ3) is 5.31. The van der Waals surface area contributed by atoms with E-state index in [1.165, 1.54) is 0 Å². The number of nitrogens with zero attached hydrogens (tertiary/aromatic N) is 3. The number of aromatic nitrogens is 3. The van der Waals surface area contributed by atoms with E-state index in [9.17, 15) is 0 Å². The van der Waals surface area contributed by atoms with Crippen LogP contribution in [-0.4, -0.2) is 35.7 Å². The smallest absolute Gasteiger partial charge is 0.224 e. The van der Waals surface area contributed by atoms with Gasteiger partial charge in [0.1, 0.15) is 5.82 Å². The summed E-state index contributed by atoms with van der Waals surface area (Å²) in [6.45, 7) is 1.40. The van der Waals surface area contributed by atoms with Gasteiger partial charge in [-0.25, -0.2) is 4.98 Å². The quantitative estimate of drug-likeness (QED) is 0.603. The summed E-state index contributed by atoms with van der Waals surface area (Å²) in [4.78, 5) is 12.8. The van der Waals surface area contributed by atoms with Gasteiger partial charge in [-0.3, -0.25) is 4.98 Å². The first-order chi connectivity index (χ1) is 13.3. The van der Waals surface area contributed by atoms with Crippen molar-refractivity contribution in [1.29, 1.82) is 0 Å². The Balaban J connectivity index is 1.52. The van der Waals surface area contributed by atoms with Crippen molar-refractivity contribution in [3.05, 3.63) is 66.1 Å². The normalized spacial score (nSPS) is 10.3. The fourth-order valence-electron chi connectivity index (χ4n) is 2.60. The monoisotopic (exact) mass is 365 g/mol. The van der Waals surface area contributed by atoms with Crippen molar-refractivity contribution in [3.8, 4) is 11.5 Å². The highest BCUT2D eigenvalue weighted by molar-refractivity contribution is 5.44. The minimum absolute atomic E-state index is 0.586. The molecular formula is C20H23N5O2. The van der Waals surface area contributed by atoms with Gasteiger partial charge in [-0.05, 0) is 47.9 Å². The molecular weight excluding hydrogens is 342 g/mol. The Bertz CT molecular complexity index is 858. The summed E-state index contributed by atoms with van der Waals surface area (Å²) < 4.78 is 10.6. The van der Waals surface area contributed by atoms with Crippen LogP contribution in [0.25, 0.3) is 0 Å². The highest BCUT2D eigenvalue weighted by Crippen LogP contribution is 2.27. The molecule has 3 aromatic rings.